The largest absolute Gasteiger partial charge is 0.417 e. The molecule has 7 nitrogen and oxygen atoms in total. The zero-order valence-electron chi connectivity index (χ0n) is 18.3. The van der Waals surface area contributed by atoms with Crippen LogP contribution in [0.1, 0.15) is 53.1 Å². The minimum atomic E-state index is -4.68. The molecule has 0 unspecified atom stereocenters. The summed E-state index contributed by atoms with van der Waals surface area (Å²) in [6.07, 6.45) is -3.28. The number of likely N-dealkylation sites (tertiary alicyclic amines) is 1. The SMILES string of the molecule is CCN(CC)C(=O)[C@H]1CCCN(C(=O)c2csc(NC(=O)c3ccccc3C(F)(F)F)n2)C1. The lowest BCUT2D eigenvalue weighted by molar-refractivity contribution is -0.138. The molecule has 0 aliphatic carbocycles. The lowest BCUT2D eigenvalue weighted by Crippen LogP contribution is -2.46. The van der Waals surface area contributed by atoms with E-state index in [-0.39, 0.29) is 35.1 Å². The Hall–Kier alpha value is -2.95. The maximum absolute atomic E-state index is 13.2. The highest BCUT2D eigenvalue weighted by molar-refractivity contribution is 7.14. The van der Waals surface area contributed by atoms with Gasteiger partial charge in [-0.15, -0.1) is 11.3 Å². The maximum Gasteiger partial charge on any atom is 0.417 e. The molecular weight excluding hydrogens is 457 g/mol. The van der Waals surface area contributed by atoms with Crippen molar-refractivity contribution >= 4 is 34.2 Å². The van der Waals surface area contributed by atoms with E-state index in [0.29, 0.717) is 32.5 Å². The van der Waals surface area contributed by atoms with Gasteiger partial charge in [-0.2, -0.15) is 13.2 Å². The van der Waals surface area contributed by atoms with E-state index >= 15 is 0 Å². The number of aromatic nitrogens is 1. The van der Waals surface area contributed by atoms with Gasteiger partial charge in [0, 0.05) is 31.6 Å². The number of carbonyl (C=O) groups is 3. The Morgan fingerprint density at radius 2 is 1.91 bits per heavy atom. The lowest BCUT2D eigenvalue weighted by Gasteiger charge is -2.34. The Kier molecular flexibility index (Phi) is 7.72. The first-order valence-corrected chi connectivity index (χ1v) is 11.5. The number of halogens is 3. The number of carbonyl (C=O) groups excluding carboxylic acids is 3. The van der Waals surface area contributed by atoms with E-state index in [2.05, 4.69) is 10.3 Å². The standard InChI is InChI=1S/C22H25F3N4O3S/c1-3-28(4-2)19(31)14-8-7-11-29(12-14)20(32)17-13-33-21(26-17)27-18(30)15-9-5-6-10-16(15)22(23,24)25/h5-6,9-10,13-14H,3-4,7-8,11-12H2,1-2H3,(H,26,27,30)/t14-/m0/s1. The Balaban J connectivity index is 1.69. The molecule has 178 valence electrons. The molecule has 3 amide bonds. The number of nitrogens with zero attached hydrogens (tertiary/aromatic N) is 3. The summed E-state index contributed by atoms with van der Waals surface area (Å²) < 4.78 is 39.5. The van der Waals surface area contributed by atoms with Crippen molar-refractivity contribution in [3.05, 3.63) is 46.5 Å². The van der Waals surface area contributed by atoms with E-state index in [0.717, 1.165) is 23.5 Å². The van der Waals surface area contributed by atoms with Gasteiger partial charge < -0.3 is 9.80 Å². The summed E-state index contributed by atoms with van der Waals surface area (Å²) in [5.41, 5.74) is -1.50. The topological polar surface area (TPSA) is 82.6 Å². The molecule has 11 heteroatoms. The van der Waals surface area contributed by atoms with Gasteiger partial charge in [-0.25, -0.2) is 4.98 Å². The fourth-order valence-corrected chi connectivity index (χ4v) is 4.52. The van der Waals surface area contributed by atoms with Gasteiger partial charge in [0.05, 0.1) is 17.0 Å². The van der Waals surface area contributed by atoms with E-state index in [1.807, 2.05) is 13.8 Å². The van der Waals surface area contributed by atoms with Crippen LogP contribution in [0, 0.1) is 5.92 Å². The monoisotopic (exact) mass is 482 g/mol. The fourth-order valence-electron chi connectivity index (χ4n) is 3.84. The van der Waals surface area contributed by atoms with Gasteiger partial charge in [0.15, 0.2) is 5.13 Å². The predicted octanol–water partition coefficient (Wildman–Crippen LogP) is 4.13. The third kappa shape index (κ3) is 5.70. The third-order valence-electron chi connectivity index (χ3n) is 5.55. The van der Waals surface area contributed by atoms with Crippen LogP contribution in [0.3, 0.4) is 0 Å². The molecule has 0 radical (unpaired) electrons. The molecule has 33 heavy (non-hydrogen) atoms. The van der Waals surface area contributed by atoms with E-state index in [9.17, 15) is 27.6 Å². The van der Waals surface area contributed by atoms with Crippen molar-refractivity contribution < 1.29 is 27.6 Å². The molecule has 1 N–H and O–H groups in total. The molecule has 1 aliphatic heterocycles. The molecule has 0 bridgehead atoms. The van der Waals surface area contributed by atoms with Crippen LogP contribution < -0.4 is 5.32 Å². The van der Waals surface area contributed by atoms with Crippen molar-refractivity contribution in [2.24, 2.45) is 5.92 Å². The van der Waals surface area contributed by atoms with Gasteiger partial charge in [0.2, 0.25) is 5.91 Å². The Bertz CT molecular complexity index is 1020. The molecule has 1 fully saturated rings. The van der Waals surface area contributed by atoms with Crippen LogP contribution in [0.25, 0.3) is 0 Å². The second-order valence-electron chi connectivity index (χ2n) is 7.64. The highest BCUT2D eigenvalue weighted by Crippen LogP contribution is 2.32. The summed E-state index contributed by atoms with van der Waals surface area (Å²) in [6, 6.07) is 4.46. The Morgan fingerprint density at radius 3 is 2.58 bits per heavy atom. The molecule has 0 saturated carbocycles. The van der Waals surface area contributed by atoms with E-state index < -0.39 is 23.2 Å². The summed E-state index contributed by atoms with van der Waals surface area (Å²) in [5, 5.41) is 3.81. The number of hydrogen-bond donors (Lipinski definition) is 1. The summed E-state index contributed by atoms with van der Waals surface area (Å²) in [6.45, 7) is 5.79. The fraction of sp³-hybridized carbons (Fsp3) is 0.455. The summed E-state index contributed by atoms with van der Waals surface area (Å²) in [7, 11) is 0. The highest BCUT2D eigenvalue weighted by Gasteiger charge is 2.35. The first kappa shape index (κ1) is 24.7. The van der Waals surface area contributed by atoms with Crippen LogP contribution in [0.15, 0.2) is 29.6 Å². The van der Waals surface area contributed by atoms with Crippen LogP contribution in [0.4, 0.5) is 18.3 Å². The van der Waals surface area contributed by atoms with Gasteiger partial charge in [-0.3, -0.25) is 19.7 Å². The number of hydrogen-bond acceptors (Lipinski definition) is 5. The van der Waals surface area contributed by atoms with Crippen LogP contribution in [-0.2, 0) is 11.0 Å². The van der Waals surface area contributed by atoms with Gasteiger partial charge in [0.25, 0.3) is 11.8 Å². The molecule has 3 rings (SSSR count). The average molecular weight is 483 g/mol. The Morgan fingerprint density at radius 1 is 1.21 bits per heavy atom. The van der Waals surface area contributed by atoms with Crippen LogP contribution >= 0.6 is 11.3 Å². The molecule has 0 spiro atoms. The first-order chi connectivity index (χ1) is 15.7. The zero-order chi connectivity index (χ0) is 24.2. The maximum atomic E-state index is 13.2. The van der Waals surface area contributed by atoms with Crippen molar-refractivity contribution in [3.8, 4) is 0 Å². The van der Waals surface area contributed by atoms with Crippen LogP contribution in [-0.4, -0.2) is 58.7 Å². The molecule has 2 heterocycles. The van der Waals surface area contributed by atoms with E-state index in [1.54, 1.807) is 9.80 Å². The number of thiazole rings is 1. The molecular formula is C22H25F3N4O3S. The van der Waals surface area contributed by atoms with Crippen molar-refractivity contribution in [1.82, 2.24) is 14.8 Å². The Labute approximate surface area is 193 Å². The number of benzene rings is 1. The quantitative estimate of drug-likeness (QED) is 0.671. The normalized spacial score (nSPS) is 16.4. The molecule has 2 aromatic rings. The summed E-state index contributed by atoms with van der Waals surface area (Å²) in [5.74, 6) is -1.59. The number of nitrogens with one attached hydrogen (secondary N) is 1. The number of rotatable bonds is 6. The molecule has 1 aromatic heterocycles. The van der Waals surface area contributed by atoms with E-state index in [4.69, 9.17) is 0 Å². The molecule has 1 atom stereocenters. The van der Waals surface area contributed by atoms with E-state index in [1.165, 1.54) is 17.5 Å². The van der Waals surface area contributed by atoms with Crippen molar-refractivity contribution in [3.63, 3.8) is 0 Å². The smallest absolute Gasteiger partial charge is 0.343 e. The minimum Gasteiger partial charge on any atom is -0.343 e. The first-order valence-electron chi connectivity index (χ1n) is 10.7. The van der Waals surface area contributed by atoms with Crippen molar-refractivity contribution in [2.75, 3.05) is 31.5 Å². The van der Waals surface area contributed by atoms with Crippen molar-refractivity contribution in [2.45, 2.75) is 32.9 Å². The van der Waals surface area contributed by atoms with Crippen LogP contribution in [0.2, 0.25) is 0 Å². The van der Waals surface area contributed by atoms with Gasteiger partial charge in [-0.1, -0.05) is 12.1 Å². The average Bonchev–Trinajstić information content (AvgIpc) is 3.27. The second-order valence-corrected chi connectivity index (χ2v) is 8.49. The molecule has 1 aromatic carbocycles. The minimum absolute atomic E-state index is 0.0204. The third-order valence-corrected chi connectivity index (χ3v) is 6.31. The van der Waals surface area contributed by atoms with Gasteiger partial charge >= 0.3 is 6.18 Å². The predicted molar refractivity (Wildman–Crippen MR) is 118 cm³/mol. The van der Waals surface area contributed by atoms with Gasteiger partial charge in [0.1, 0.15) is 5.69 Å². The zero-order valence-corrected chi connectivity index (χ0v) is 19.1. The molecule has 1 aliphatic rings. The number of anilines is 1. The second kappa shape index (κ2) is 10.3. The highest BCUT2D eigenvalue weighted by atomic mass is 32.1. The van der Waals surface area contributed by atoms with Gasteiger partial charge in [-0.05, 0) is 38.8 Å². The number of alkyl halides is 3. The summed E-state index contributed by atoms with van der Waals surface area (Å²) >= 11 is 0.950. The van der Waals surface area contributed by atoms with Crippen molar-refractivity contribution in [1.29, 1.82) is 0 Å². The van der Waals surface area contributed by atoms with Crippen LogP contribution in [0.5, 0.6) is 0 Å². The summed E-state index contributed by atoms with van der Waals surface area (Å²) in [4.78, 5) is 45.4. The lowest BCUT2D eigenvalue weighted by atomic mass is 9.96. The molecule has 1 saturated heterocycles. The number of piperidine rings is 1. The number of amides is 3.